The Hall–Kier alpha value is -2.01. The summed E-state index contributed by atoms with van der Waals surface area (Å²) in [5.41, 5.74) is 2.17. The lowest BCUT2D eigenvalue weighted by molar-refractivity contribution is 0.169. The van der Waals surface area contributed by atoms with Gasteiger partial charge in [-0.15, -0.1) is 24.0 Å². The zero-order valence-electron chi connectivity index (χ0n) is 17.3. The predicted octanol–water partition coefficient (Wildman–Crippen LogP) is 2.25. The number of nitrogens with one attached hydrogen (secondary N) is 1. The Morgan fingerprint density at radius 2 is 1.90 bits per heavy atom. The fourth-order valence-electron chi connectivity index (χ4n) is 3.35. The Kier molecular flexibility index (Phi) is 9.52. The Balaban J connectivity index is 0.00000300. The van der Waals surface area contributed by atoms with E-state index >= 15 is 0 Å². The zero-order valence-corrected chi connectivity index (χ0v) is 19.6. The van der Waals surface area contributed by atoms with Crippen molar-refractivity contribution in [2.45, 2.75) is 13.0 Å². The largest absolute Gasteiger partial charge is 0.493 e. The Bertz CT molecular complexity index is 761. The highest BCUT2D eigenvalue weighted by Gasteiger charge is 2.20. The maximum Gasteiger partial charge on any atom is 0.193 e. The van der Waals surface area contributed by atoms with E-state index in [0.29, 0.717) is 0 Å². The first kappa shape index (κ1) is 23.3. The number of methoxy groups -OCH3 is 2. The van der Waals surface area contributed by atoms with Crippen molar-refractivity contribution in [3.05, 3.63) is 41.8 Å². The van der Waals surface area contributed by atoms with Crippen LogP contribution in [0, 0.1) is 0 Å². The summed E-state index contributed by atoms with van der Waals surface area (Å²) in [6.07, 6.45) is 2.50. The highest BCUT2D eigenvalue weighted by Crippen LogP contribution is 2.27. The summed E-state index contributed by atoms with van der Waals surface area (Å²) in [6, 6.07) is 7.94. The molecular formula is C20H30IN5O3. The smallest absolute Gasteiger partial charge is 0.193 e. The van der Waals surface area contributed by atoms with Gasteiger partial charge in [-0.2, -0.15) is 0 Å². The molecule has 0 atom stereocenters. The second kappa shape index (κ2) is 11.9. The van der Waals surface area contributed by atoms with Gasteiger partial charge in [0, 0.05) is 52.4 Å². The third-order valence-electron chi connectivity index (χ3n) is 4.91. The molecule has 2 heterocycles. The van der Waals surface area contributed by atoms with Crippen LogP contribution in [0.1, 0.15) is 11.3 Å². The molecule has 0 aliphatic carbocycles. The molecule has 1 fully saturated rings. The summed E-state index contributed by atoms with van der Waals surface area (Å²) >= 11 is 0. The Morgan fingerprint density at radius 1 is 1.14 bits per heavy atom. The topological polar surface area (TPSA) is 75.4 Å². The molecule has 1 saturated heterocycles. The number of benzene rings is 1. The molecule has 0 bridgehead atoms. The molecule has 0 saturated carbocycles. The van der Waals surface area contributed by atoms with Crippen molar-refractivity contribution in [3.8, 4) is 11.5 Å². The van der Waals surface area contributed by atoms with Gasteiger partial charge in [0.05, 0.1) is 19.9 Å². The summed E-state index contributed by atoms with van der Waals surface area (Å²) in [7, 11) is 5.14. The number of ether oxygens (including phenoxy) is 2. The van der Waals surface area contributed by atoms with Crippen molar-refractivity contribution in [1.29, 1.82) is 0 Å². The van der Waals surface area contributed by atoms with E-state index in [-0.39, 0.29) is 24.0 Å². The molecule has 0 amide bonds. The minimum Gasteiger partial charge on any atom is -0.493 e. The number of aliphatic imine (C=N–C) groups is 1. The van der Waals surface area contributed by atoms with Crippen LogP contribution in [0.5, 0.6) is 11.5 Å². The lowest BCUT2D eigenvalue weighted by Gasteiger charge is -2.36. The standard InChI is InChI=1S/C20H29N5O3.HI/c1-21-20(22-8-6-16-4-5-18(26-2)19(14-16)27-3)25-11-9-24(10-12-25)15-17-7-13-28-23-17;/h4-5,7,13-14H,6,8-12,15H2,1-3H3,(H,21,22);1H. The summed E-state index contributed by atoms with van der Waals surface area (Å²) in [5.74, 6) is 2.45. The van der Waals surface area contributed by atoms with Crippen LogP contribution >= 0.6 is 24.0 Å². The zero-order chi connectivity index (χ0) is 19.8. The second-order valence-corrected chi connectivity index (χ2v) is 6.67. The number of halogens is 1. The Labute approximate surface area is 189 Å². The van der Waals surface area contributed by atoms with Gasteiger partial charge < -0.3 is 24.2 Å². The van der Waals surface area contributed by atoms with Crippen LogP contribution in [0.15, 0.2) is 40.0 Å². The summed E-state index contributed by atoms with van der Waals surface area (Å²) in [5, 5.41) is 7.46. The van der Waals surface area contributed by atoms with E-state index in [1.807, 2.05) is 25.2 Å². The van der Waals surface area contributed by atoms with Gasteiger partial charge in [0.15, 0.2) is 17.5 Å². The molecule has 0 spiro atoms. The van der Waals surface area contributed by atoms with Crippen molar-refractivity contribution >= 4 is 29.9 Å². The quantitative estimate of drug-likeness (QED) is 0.345. The van der Waals surface area contributed by atoms with Crippen molar-refractivity contribution in [2.24, 2.45) is 4.99 Å². The molecule has 1 N–H and O–H groups in total. The number of hydrogen-bond donors (Lipinski definition) is 1. The van der Waals surface area contributed by atoms with Crippen molar-refractivity contribution in [3.63, 3.8) is 0 Å². The molecule has 160 valence electrons. The maximum absolute atomic E-state index is 5.38. The molecule has 1 aliphatic rings. The van der Waals surface area contributed by atoms with Crippen LogP contribution in [0.25, 0.3) is 0 Å². The van der Waals surface area contributed by atoms with Gasteiger partial charge in [-0.1, -0.05) is 11.2 Å². The number of guanidine groups is 1. The number of hydrogen-bond acceptors (Lipinski definition) is 6. The van der Waals surface area contributed by atoms with Crippen LogP contribution < -0.4 is 14.8 Å². The highest BCUT2D eigenvalue weighted by molar-refractivity contribution is 14.0. The van der Waals surface area contributed by atoms with Gasteiger partial charge in [-0.3, -0.25) is 9.89 Å². The second-order valence-electron chi connectivity index (χ2n) is 6.67. The molecule has 3 rings (SSSR count). The number of nitrogens with zero attached hydrogens (tertiary/aromatic N) is 4. The monoisotopic (exact) mass is 515 g/mol. The minimum absolute atomic E-state index is 0. The van der Waals surface area contributed by atoms with Crippen molar-refractivity contribution < 1.29 is 14.0 Å². The fourth-order valence-corrected chi connectivity index (χ4v) is 3.35. The van der Waals surface area contributed by atoms with Gasteiger partial charge in [0.2, 0.25) is 0 Å². The van der Waals surface area contributed by atoms with Gasteiger partial charge in [-0.05, 0) is 24.1 Å². The molecule has 1 aromatic heterocycles. The third-order valence-corrected chi connectivity index (χ3v) is 4.91. The normalized spacial score (nSPS) is 15.0. The van der Waals surface area contributed by atoms with E-state index < -0.39 is 0 Å². The fraction of sp³-hybridized carbons (Fsp3) is 0.500. The first-order valence-corrected chi connectivity index (χ1v) is 9.51. The lowest BCUT2D eigenvalue weighted by atomic mass is 10.1. The molecule has 1 aromatic carbocycles. The first-order chi connectivity index (χ1) is 13.7. The van der Waals surface area contributed by atoms with Gasteiger partial charge >= 0.3 is 0 Å². The number of piperazine rings is 1. The summed E-state index contributed by atoms with van der Waals surface area (Å²) < 4.78 is 15.6. The number of aromatic nitrogens is 1. The van der Waals surface area contributed by atoms with E-state index in [2.05, 4.69) is 31.3 Å². The van der Waals surface area contributed by atoms with E-state index in [1.54, 1.807) is 20.5 Å². The molecule has 9 heteroatoms. The average Bonchev–Trinajstić information content (AvgIpc) is 3.25. The van der Waals surface area contributed by atoms with Crippen LogP contribution in [0.2, 0.25) is 0 Å². The van der Waals surface area contributed by atoms with Crippen LogP contribution in [-0.4, -0.2) is 74.9 Å². The van der Waals surface area contributed by atoms with Crippen molar-refractivity contribution in [2.75, 3.05) is 54.0 Å². The highest BCUT2D eigenvalue weighted by atomic mass is 127. The van der Waals surface area contributed by atoms with Gasteiger partial charge in [0.25, 0.3) is 0 Å². The minimum atomic E-state index is 0. The van der Waals surface area contributed by atoms with Crippen LogP contribution in [0.3, 0.4) is 0 Å². The molecule has 1 aliphatic heterocycles. The lowest BCUT2D eigenvalue weighted by Crippen LogP contribution is -2.52. The molecule has 2 aromatic rings. The molecular weight excluding hydrogens is 485 g/mol. The molecule has 8 nitrogen and oxygen atoms in total. The molecule has 29 heavy (non-hydrogen) atoms. The van der Waals surface area contributed by atoms with E-state index in [1.165, 1.54) is 5.56 Å². The van der Waals surface area contributed by atoms with Gasteiger partial charge in [-0.25, -0.2) is 0 Å². The van der Waals surface area contributed by atoms with Crippen molar-refractivity contribution in [1.82, 2.24) is 20.3 Å². The Morgan fingerprint density at radius 3 is 2.52 bits per heavy atom. The SMILES string of the molecule is CN=C(NCCc1ccc(OC)c(OC)c1)N1CCN(Cc2ccon2)CC1.I. The van der Waals surface area contributed by atoms with E-state index in [9.17, 15) is 0 Å². The maximum atomic E-state index is 5.38. The predicted molar refractivity (Wildman–Crippen MR) is 123 cm³/mol. The summed E-state index contributed by atoms with van der Waals surface area (Å²) in [6.45, 7) is 5.46. The van der Waals surface area contributed by atoms with Gasteiger partial charge in [0.1, 0.15) is 6.26 Å². The van der Waals surface area contributed by atoms with E-state index in [0.717, 1.165) is 68.8 Å². The first-order valence-electron chi connectivity index (χ1n) is 9.51. The third kappa shape index (κ3) is 6.49. The van der Waals surface area contributed by atoms with Crippen LogP contribution in [-0.2, 0) is 13.0 Å². The number of rotatable bonds is 7. The molecule has 0 unspecified atom stereocenters. The molecule has 0 radical (unpaired) electrons. The average molecular weight is 515 g/mol. The summed E-state index contributed by atoms with van der Waals surface area (Å²) in [4.78, 5) is 9.13. The van der Waals surface area contributed by atoms with Crippen LogP contribution in [0.4, 0.5) is 0 Å². The van der Waals surface area contributed by atoms with E-state index in [4.69, 9.17) is 14.0 Å².